The van der Waals surface area contributed by atoms with E-state index in [9.17, 15) is 8.42 Å². The summed E-state index contributed by atoms with van der Waals surface area (Å²) in [5, 5.41) is 8.94. The lowest BCUT2D eigenvalue weighted by molar-refractivity contribution is 0.238. The molecule has 0 aromatic carbocycles. The van der Waals surface area contributed by atoms with Gasteiger partial charge in [-0.05, 0) is 33.1 Å². The zero-order valence-corrected chi connectivity index (χ0v) is 12.5. The van der Waals surface area contributed by atoms with Gasteiger partial charge in [0.1, 0.15) is 0 Å². The molecule has 0 unspecified atom stereocenters. The van der Waals surface area contributed by atoms with Crippen LogP contribution in [0, 0.1) is 0 Å². The highest BCUT2D eigenvalue weighted by molar-refractivity contribution is 7.87. The van der Waals surface area contributed by atoms with Gasteiger partial charge in [0, 0.05) is 25.2 Å². The van der Waals surface area contributed by atoms with Crippen LogP contribution < -0.4 is 4.72 Å². The fourth-order valence-electron chi connectivity index (χ4n) is 2.39. The molecule has 0 heterocycles. The van der Waals surface area contributed by atoms with Crippen molar-refractivity contribution in [1.82, 2.24) is 9.03 Å². The monoisotopic (exact) mass is 278 g/mol. The number of rotatable bonds is 6. The maximum atomic E-state index is 12.3. The van der Waals surface area contributed by atoms with Gasteiger partial charge in [-0.1, -0.05) is 19.3 Å². The predicted molar refractivity (Wildman–Crippen MR) is 72.5 cm³/mol. The summed E-state index contributed by atoms with van der Waals surface area (Å²) in [5.74, 6) is 0. The molecule has 0 aromatic heterocycles. The van der Waals surface area contributed by atoms with Crippen LogP contribution in [0.25, 0.3) is 0 Å². The van der Waals surface area contributed by atoms with Gasteiger partial charge < -0.3 is 5.11 Å². The van der Waals surface area contributed by atoms with Crippen LogP contribution in [0.15, 0.2) is 0 Å². The van der Waals surface area contributed by atoms with Crippen molar-refractivity contribution in [3.8, 4) is 0 Å². The van der Waals surface area contributed by atoms with E-state index < -0.39 is 15.7 Å². The first-order valence-electron chi connectivity index (χ1n) is 6.66. The molecule has 0 aliphatic heterocycles. The van der Waals surface area contributed by atoms with Gasteiger partial charge in [0.05, 0.1) is 0 Å². The molecule has 6 heteroatoms. The lowest BCUT2D eigenvalue weighted by Crippen LogP contribution is -2.52. The molecule has 0 spiro atoms. The molecule has 1 rings (SSSR count). The molecule has 5 nitrogen and oxygen atoms in total. The molecule has 18 heavy (non-hydrogen) atoms. The van der Waals surface area contributed by atoms with Crippen LogP contribution in [0.1, 0.15) is 52.4 Å². The van der Waals surface area contributed by atoms with Crippen LogP contribution >= 0.6 is 0 Å². The van der Waals surface area contributed by atoms with Crippen molar-refractivity contribution in [3.63, 3.8) is 0 Å². The Morgan fingerprint density at radius 3 is 2.33 bits per heavy atom. The molecule has 1 aliphatic carbocycles. The zero-order valence-electron chi connectivity index (χ0n) is 11.6. The minimum atomic E-state index is -3.47. The maximum Gasteiger partial charge on any atom is 0.279 e. The number of nitrogens with zero attached hydrogens (tertiary/aromatic N) is 1. The molecule has 0 radical (unpaired) electrons. The predicted octanol–water partition coefficient (Wildman–Crippen LogP) is 1.25. The smallest absolute Gasteiger partial charge is 0.279 e. The van der Waals surface area contributed by atoms with E-state index in [2.05, 4.69) is 4.72 Å². The van der Waals surface area contributed by atoms with Crippen LogP contribution in [0.4, 0.5) is 0 Å². The van der Waals surface area contributed by atoms with Crippen molar-refractivity contribution in [3.05, 3.63) is 0 Å². The van der Waals surface area contributed by atoms with E-state index in [1.165, 1.54) is 10.7 Å². The van der Waals surface area contributed by atoms with E-state index in [0.29, 0.717) is 6.42 Å². The Labute approximate surface area is 111 Å². The highest BCUT2D eigenvalue weighted by atomic mass is 32.2. The molecule has 1 fully saturated rings. The Morgan fingerprint density at radius 2 is 1.83 bits per heavy atom. The Hall–Kier alpha value is -0.170. The summed E-state index contributed by atoms with van der Waals surface area (Å²) >= 11 is 0. The largest absolute Gasteiger partial charge is 0.396 e. The van der Waals surface area contributed by atoms with Crippen LogP contribution in [0.5, 0.6) is 0 Å². The normalized spacial score (nSPS) is 19.4. The van der Waals surface area contributed by atoms with Crippen molar-refractivity contribution < 1.29 is 13.5 Å². The average molecular weight is 278 g/mol. The van der Waals surface area contributed by atoms with E-state index in [0.717, 1.165) is 25.7 Å². The first-order valence-corrected chi connectivity index (χ1v) is 8.10. The molecule has 108 valence electrons. The fraction of sp³-hybridized carbons (Fsp3) is 1.00. The maximum absolute atomic E-state index is 12.3. The van der Waals surface area contributed by atoms with Gasteiger partial charge in [-0.15, -0.1) is 0 Å². The average Bonchev–Trinajstić information content (AvgIpc) is 2.27. The molecular weight excluding hydrogens is 252 g/mol. The molecule has 0 atom stereocenters. The third-order valence-corrected chi connectivity index (χ3v) is 5.48. The number of hydrogen-bond donors (Lipinski definition) is 2. The first-order chi connectivity index (χ1) is 8.28. The zero-order chi connectivity index (χ0) is 13.8. The summed E-state index contributed by atoms with van der Waals surface area (Å²) in [6.45, 7) is 3.55. The third-order valence-electron chi connectivity index (χ3n) is 3.61. The molecule has 1 saturated carbocycles. The highest BCUT2D eigenvalue weighted by Crippen LogP contribution is 2.23. The Bertz CT molecular complexity index is 348. The van der Waals surface area contributed by atoms with E-state index in [1.807, 2.05) is 0 Å². The SMILES string of the molecule is CN(C1CCCCC1)S(=O)(=O)NC(C)(C)CCO. The van der Waals surface area contributed by atoms with Gasteiger partial charge in [-0.3, -0.25) is 0 Å². The summed E-state index contributed by atoms with van der Waals surface area (Å²) in [4.78, 5) is 0. The number of nitrogens with one attached hydrogen (secondary N) is 1. The Kier molecular flexibility index (Phi) is 5.58. The first kappa shape index (κ1) is 15.9. The standard InChI is InChI=1S/C12H26N2O3S/c1-12(2,9-10-15)13-18(16,17)14(3)11-7-5-4-6-8-11/h11,13,15H,4-10H2,1-3H3. The summed E-state index contributed by atoms with van der Waals surface area (Å²) in [5.41, 5.74) is -0.615. The van der Waals surface area contributed by atoms with E-state index in [-0.39, 0.29) is 12.6 Å². The second-order valence-electron chi connectivity index (χ2n) is 5.77. The molecule has 0 bridgehead atoms. The summed E-state index contributed by atoms with van der Waals surface area (Å²) in [6.07, 6.45) is 5.70. The number of aliphatic hydroxyl groups excluding tert-OH is 1. The van der Waals surface area contributed by atoms with Gasteiger partial charge >= 0.3 is 0 Å². The summed E-state index contributed by atoms with van der Waals surface area (Å²) in [6, 6.07) is 0.112. The van der Waals surface area contributed by atoms with Crippen molar-refractivity contribution in [1.29, 1.82) is 0 Å². The Balaban J connectivity index is 2.67. The quantitative estimate of drug-likeness (QED) is 0.768. The molecule has 0 aromatic rings. The van der Waals surface area contributed by atoms with Crippen LogP contribution in [0.3, 0.4) is 0 Å². The van der Waals surface area contributed by atoms with Crippen LogP contribution in [-0.2, 0) is 10.2 Å². The third kappa shape index (κ3) is 4.50. The fourth-order valence-corrected chi connectivity index (χ4v) is 3.94. The molecule has 0 amide bonds. The van der Waals surface area contributed by atoms with Crippen LogP contribution in [-0.4, -0.2) is 43.1 Å². The van der Waals surface area contributed by atoms with Gasteiger partial charge in [-0.25, -0.2) is 0 Å². The van der Waals surface area contributed by atoms with Crippen molar-refractivity contribution >= 4 is 10.2 Å². The van der Waals surface area contributed by atoms with E-state index in [4.69, 9.17) is 5.11 Å². The minimum absolute atomic E-state index is 0.0251. The van der Waals surface area contributed by atoms with Crippen molar-refractivity contribution in [2.45, 2.75) is 64.0 Å². The molecular formula is C12H26N2O3S. The lowest BCUT2D eigenvalue weighted by atomic mass is 9.96. The summed E-state index contributed by atoms with van der Waals surface area (Å²) < 4.78 is 28.6. The Morgan fingerprint density at radius 1 is 1.28 bits per heavy atom. The second-order valence-corrected chi connectivity index (χ2v) is 7.50. The molecule has 2 N–H and O–H groups in total. The second kappa shape index (κ2) is 6.32. The van der Waals surface area contributed by atoms with Gasteiger partial charge in [-0.2, -0.15) is 17.4 Å². The van der Waals surface area contributed by atoms with Crippen molar-refractivity contribution in [2.75, 3.05) is 13.7 Å². The van der Waals surface area contributed by atoms with Crippen LogP contribution in [0.2, 0.25) is 0 Å². The van der Waals surface area contributed by atoms with Gasteiger partial charge in [0.25, 0.3) is 10.2 Å². The summed E-state index contributed by atoms with van der Waals surface area (Å²) in [7, 11) is -1.82. The topological polar surface area (TPSA) is 69.6 Å². The molecule has 1 aliphatic rings. The van der Waals surface area contributed by atoms with E-state index in [1.54, 1.807) is 20.9 Å². The van der Waals surface area contributed by atoms with E-state index >= 15 is 0 Å². The van der Waals surface area contributed by atoms with Crippen molar-refractivity contribution in [2.24, 2.45) is 0 Å². The van der Waals surface area contributed by atoms with Gasteiger partial charge in [0.2, 0.25) is 0 Å². The van der Waals surface area contributed by atoms with Gasteiger partial charge in [0.15, 0.2) is 0 Å². The highest BCUT2D eigenvalue weighted by Gasteiger charge is 2.31. The number of hydrogen-bond acceptors (Lipinski definition) is 3. The molecule has 0 saturated heterocycles. The minimum Gasteiger partial charge on any atom is -0.396 e. The number of aliphatic hydroxyl groups is 1. The lowest BCUT2D eigenvalue weighted by Gasteiger charge is -2.34.